The predicted molar refractivity (Wildman–Crippen MR) is 83.4 cm³/mol. The molecule has 2 aliphatic rings. The van der Waals surface area contributed by atoms with Crippen molar-refractivity contribution in [2.75, 3.05) is 39.8 Å². The molecule has 2 rings (SSSR count). The zero-order chi connectivity index (χ0) is 12.1. The number of amides is 1. The summed E-state index contributed by atoms with van der Waals surface area (Å²) in [4.78, 5) is 16.4. The van der Waals surface area contributed by atoms with E-state index in [9.17, 15) is 4.79 Å². The summed E-state index contributed by atoms with van der Waals surface area (Å²) < 4.78 is 0. The summed E-state index contributed by atoms with van der Waals surface area (Å²) >= 11 is 0. The minimum atomic E-state index is 0. The zero-order valence-electron chi connectivity index (χ0n) is 11.8. The van der Waals surface area contributed by atoms with Gasteiger partial charge in [0.25, 0.3) is 0 Å². The van der Waals surface area contributed by atoms with Crippen molar-refractivity contribution in [1.82, 2.24) is 15.1 Å². The molecule has 0 atom stereocenters. The summed E-state index contributed by atoms with van der Waals surface area (Å²) in [7, 11) is 1.99. The molecular formula is C13H27Cl2N3O. The van der Waals surface area contributed by atoms with Gasteiger partial charge in [0.1, 0.15) is 0 Å². The molecule has 1 aliphatic carbocycles. The van der Waals surface area contributed by atoms with E-state index in [1.165, 1.54) is 32.1 Å². The van der Waals surface area contributed by atoms with E-state index in [2.05, 4.69) is 10.2 Å². The third kappa shape index (κ3) is 5.86. The molecule has 114 valence electrons. The van der Waals surface area contributed by atoms with Crippen molar-refractivity contribution in [2.45, 2.75) is 38.1 Å². The van der Waals surface area contributed by atoms with Crippen LogP contribution >= 0.6 is 24.8 Å². The maximum Gasteiger partial charge on any atom is 0.236 e. The van der Waals surface area contributed by atoms with Crippen LogP contribution in [0.3, 0.4) is 0 Å². The second-order valence-electron chi connectivity index (χ2n) is 5.32. The number of hydrogen-bond acceptors (Lipinski definition) is 3. The Bertz CT molecular complexity index is 254. The van der Waals surface area contributed by atoms with E-state index < -0.39 is 0 Å². The van der Waals surface area contributed by atoms with Crippen LogP contribution in [0.15, 0.2) is 0 Å². The maximum absolute atomic E-state index is 12.2. The highest BCUT2D eigenvalue weighted by molar-refractivity contribution is 5.85. The molecule has 1 N–H and O–H groups in total. The Kier molecular flexibility index (Phi) is 9.79. The Balaban J connectivity index is 0.00000162. The van der Waals surface area contributed by atoms with Crippen LogP contribution in [0.2, 0.25) is 0 Å². The van der Waals surface area contributed by atoms with Crippen LogP contribution in [0.25, 0.3) is 0 Å². The smallest absolute Gasteiger partial charge is 0.236 e. The Morgan fingerprint density at radius 2 is 1.74 bits per heavy atom. The first-order chi connectivity index (χ1) is 8.27. The molecule has 0 unspecified atom stereocenters. The van der Waals surface area contributed by atoms with Gasteiger partial charge in [0.05, 0.1) is 6.54 Å². The lowest BCUT2D eigenvalue weighted by Crippen LogP contribution is -2.49. The van der Waals surface area contributed by atoms with Crippen LogP contribution in [0.1, 0.15) is 32.1 Å². The molecule has 0 aromatic carbocycles. The van der Waals surface area contributed by atoms with E-state index in [0.717, 1.165) is 26.2 Å². The van der Waals surface area contributed by atoms with Crippen LogP contribution in [0, 0.1) is 0 Å². The van der Waals surface area contributed by atoms with Crippen LogP contribution in [0.4, 0.5) is 0 Å². The van der Waals surface area contributed by atoms with Gasteiger partial charge in [-0.2, -0.15) is 0 Å². The van der Waals surface area contributed by atoms with Crippen molar-refractivity contribution in [3.8, 4) is 0 Å². The number of hydrogen-bond donors (Lipinski definition) is 1. The molecule has 1 aliphatic heterocycles. The molecule has 4 nitrogen and oxygen atoms in total. The molecule has 1 heterocycles. The number of carbonyl (C=O) groups is 1. The lowest BCUT2D eigenvalue weighted by molar-refractivity contribution is -0.133. The average molecular weight is 312 g/mol. The fraction of sp³-hybridized carbons (Fsp3) is 0.923. The van der Waals surface area contributed by atoms with Crippen molar-refractivity contribution < 1.29 is 4.79 Å². The third-order valence-corrected chi connectivity index (χ3v) is 4.08. The van der Waals surface area contributed by atoms with Gasteiger partial charge in [-0.15, -0.1) is 24.8 Å². The molecule has 2 fully saturated rings. The van der Waals surface area contributed by atoms with Gasteiger partial charge in [-0.25, -0.2) is 0 Å². The third-order valence-electron chi connectivity index (χ3n) is 4.08. The number of nitrogens with one attached hydrogen (secondary N) is 1. The lowest BCUT2D eigenvalue weighted by Gasteiger charge is -2.34. The number of nitrogens with zero attached hydrogens (tertiary/aromatic N) is 2. The largest absolute Gasteiger partial charge is 0.342 e. The van der Waals surface area contributed by atoms with Crippen LogP contribution in [-0.2, 0) is 4.79 Å². The van der Waals surface area contributed by atoms with Gasteiger partial charge in [0.2, 0.25) is 5.91 Å². The van der Waals surface area contributed by atoms with Crippen LogP contribution in [0.5, 0.6) is 0 Å². The van der Waals surface area contributed by atoms with Crippen molar-refractivity contribution in [3.05, 3.63) is 0 Å². The van der Waals surface area contributed by atoms with E-state index in [1.54, 1.807) is 0 Å². The molecule has 6 heteroatoms. The Hall–Kier alpha value is -0.0300. The van der Waals surface area contributed by atoms with Crippen molar-refractivity contribution >= 4 is 30.7 Å². The van der Waals surface area contributed by atoms with E-state index in [0.29, 0.717) is 18.5 Å². The van der Waals surface area contributed by atoms with E-state index in [1.807, 2.05) is 11.9 Å². The number of likely N-dealkylation sites (N-methyl/N-ethyl adjacent to an activating group) is 1. The molecular weight excluding hydrogens is 285 g/mol. The van der Waals surface area contributed by atoms with E-state index in [4.69, 9.17) is 0 Å². The standard InChI is InChI=1S/C13H25N3O.2ClH/c1-15(12-5-3-2-4-6-12)13(17)11-16-9-7-14-8-10-16;;/h12,14H,2-11H2,1H3;2*1H. The molecule has 0 spiro atoms. The van der Waals surface area contributed by atoms with E-state index in [-0.39, 0.29) is 24.8 Å². The maximum atomic E-state index is 12.2. The van der Waals surface area contributed by atoms with Crippen molar-refractivity contribution in [3.63, 3.8) is 0 Å². The SMILES string of the molecule is CN(C(=O)CN1CCNCC1)C1CCCCC1.Cl.Cl. The minimum Gasteiger partial charge on any atom is -0.342 e. The summed E-state index contributed by atoms with van der Waals surface area (Å²) in [6.07, 6.45) is 6.32. The second kappa shape index (κ2) is 9.81. The first kappa shape index (κ1) is 19.0. The summed E-state index contributed by atoms with van der Waals surface area (Å²) in [5.41, 5.74) is 0. The lowest BCUT2D eigenvalue weighted by atomic mass is 9.94. The quantitative estimate of drug-likeness (QED) is 0.858. The van der Waals surface area contributed by atoms with Gasteiger partial charge in [0.15, 0.2) is 0 Å². The highest BCUT2D eigenvalue weighted by Gasteiger charge is 2.23. The monoisotopic (exact) mass is 311 g/mol. The summed E-state index contributed by atoms with van der Waals surface area (Å²) in [6, 6.07) is 0.499. The van der Waals surface area contributed by atoms with Crippen molar-refractivity contribution in [1.29, 1.82) is 0 Å². The van der Waals surface area contributed by atoms with E-state index >= 15 is 0 Å². The highest BCUT2D eigenvalue weighted by atomic mass is 35.5. The Morgan fingerprint density at radius 1 is 1.16 bits per heavy atom. The highest BCUT2D eigenvalue weighted by Crippen LogP contribution is 2.21. The zero-order valence-corrected chi connectivity index (χ0v) is 13.4. The summed E-state index contributed by atoms with van der Waals surface area (Å²) in [5.74, 6) is 0.304. The predicted octanol–water partition coefficient (Wildman–Crippen LogP) is 1.53. The Morgan fingerprint density at radius 3 is 2.32 bits per heavy atom. The van der Waals surface area contributed by atoms with Crippen LogP contribution < -0.4 is 5.32 Å². The van der Waals surface area contributed by atoms with Gasteiger partial charge in [-0.1, -0.05) is 19.3 Å². The van der Waals surface area contributed by atoms with Crippen molar-refractivity contribution in [2.24, 2.45) is 0 Å². The van der Waals surface area contributed by atoms with Crippen LogP contribution in [-0.4, -0.2) is 61.5 Å². The number of piperazine rings is 1. The second-order valence-corrected chi connectivity index (χ2v) is 5.32. The fourth-order valence-electron chi connectivity index (χ4n) is 2.84. The average Bonchev–Trinajstić information content (AvgIpc) is 2.40. The summed E-state index contributed by atoms with van der Waals surface area (Å²) in [6.45, 7) is 4.64. The topological polar surface area (TPSA) is 35.6 Å². The van der Waals surface area contributed by atoms with Gasteiger partial charge in [-0.05, 0) is 12.8 Å². The molecule has 19 heavy (non-hydrogen) atoms. The van der Waals surface area contributed by atoms with Gasteiger partial charge < -0.3 is 10.2 Å². The molecule has 0 radical (unpaired) electrons. The molecule has 1 saturated heterocycles. The van der Waals surface area contributed by atoms with Gasteiger partial charge >= 0.3 is 0 Å². The normalized spacial score (nSPS) is 21.1. The molecule has 1 saturated carbocycles. The Labute approximate surface area is 129 Å². The first-order valence-electron chi connectivity index (χ1n) is 6.96. The molecule has 0 bridgehead atoms. The number of carbonyl (C=O) groups excluding carboxylic acids is 1. The molecule has 0 aromatic rings. The summed E-state index contributed by atoms with van der Waals surface area (Å²) in [5, 5.41) is 3.31. The van der Waals surface area contributed by atoms with Gasteiger partial charge in [0, 0.05) is 39.3 Å². The number of halogens is 2. The van der Waals surface area contributed by atoms with Gasteiger partial charge in [-0.3, -0.25) is 9.69 Å². The minimum absolute atomic E-state index is 0. The number of rotatable bonds is 3. The molecule has 1 amide bonds. The first-order valence-corrected chi connectivity index (χ1v) is 6.96. The fourth-order valence-corrected chi connectivity index (χ4v) is 2.84. The molecule has 0 aromatic heterocycles.